The number of para-hydroxylation sites is 2. The normalized spacial score (nSPS) is 11.7. The zero-order valence-corrected chi connectivity index (χ0v) is 38.2. The van der Waals surface area contributed by atoms with Gasteiger partial charge in [0.25, 0.3) is 0 Å². The highest BCUT2D eigenvalue weighted by atomic mass is 31.1. The Morgan fingerprint density at radius 1 is 0.667 bits per heavy atom. The first-order valence-corrected chi connectivity index (χ1v) is 22.2. The van der Waals surface area contributed by atoms with E-state index in [0.717, 1.165) is 29.0 Å². The van der Waals surface area contributed by atoms with Gasteiger partial charge in [-0.1, -0.05) is 183 Å². The fourth-order valence-electron chi connectivity index (χ4n) is 6.49. The van der Waals surface area contributed by atoms with Crippen molar-refractivity contribution in [3.8, 4) is 17.2 Å². The van der Waals surface area contributed by atoms with E-state index in [-0.39, 0.29) is 22.4 Å². The molecule has 6 heteroatoms. The third-order valence-corrected chi connectivity index (χ3v) is 12.4. The molecule has 0 amide bonds. The van der Waals surface area contributed by atoms with Crippen LogP contribution in [0.4, 0.5) is 0 Å². The van der Waals surface area contributed by atoms with E-state index < -0.39 is 7.92 Å². The van der Waals surface area contributed by atoms with Crippen LogP contribution in [0.15, 0.2) is 176 Å². The molecule has 0 fully saturated rings. The summed E-state index contributed by atoms with van der Waals surface area (Å²) in [4.78, 5) is 6.65. The SMILES string of the molecule is C=C.CC.CN(Cc1ccccc1)C(c1cc(C(C)(C)C)cc(C(C)(C)C)c1O)P(c1ccccc1)c1ccccc1.Oc1ccccc1C=NCCOc1ccccc1. The monoisotopic (exact) mass is 822 g/mol. The lowest BCUT2D eigenvalue weighted by Crippen LogP contribution is -2.30. The predicted octanol–water partition coefficient (Wildman–Crippen LogP) is 13.0. The van der Waals surface area contributed by atoms with Crippen molar-refractivity contribution in [2.75, 3.05) is 20.2 Å². The van der Waals surface area contributed by atoms with Gasteiger partial charge >= 0.3 is 0 Å². The molecule has 0 heterocycles. The molecule has 6 aromatic carbocycles. The summed E-state index contributed by atoms with van der Waals surface area (Å²) in [7, 11) is 1.33. The topological polar surface area (TPSA) is 65.3 Å². The molecule has 1 unspecified atom stereocenters. The minimum atomic E-state index is -0.873. The summed E-state index contributed by atoms with van der Waals surface area (Å²) < 4.78 is 5.50. The molecule has 0 aliphatic heterocycles. The van der Waals surface area contributed by atoms with Crippen molar-refractivity contribution >= 4 is 24.7 Å². The average molecular weight is 823 g/mol. The maximum Gasteiger partial charge on any atom is 0.124 e. The van der Waals surface area contributed by atoms with Crippen LogP contribution in [0, 0.1) is 0 Å². The minimum absolute atomic E-state index is 0.0293. The molecule has 1 atom stereocenters. The molecule has 60 heavy (non-hydrogen) atoms. The smallest absolute Gasteiger partial charge is 0.124 e. The van der Waals surface area contributed by atoms with Gasteiger partial charge < -0.3 is 14.9 Å². The second kappa shape index (κ2) is 24.6. The molecule has 0 saturated heterocycles. The summed E-state index contributed by atoms with van der Waals surface area (Å²) in [5.41, 5.74) is 5.02. The molecule has 0 saturated carbocycles. The number of ether oxygens (including phenoxy) is 1. The Bertz CT molecular complexity index is 2090. The van der Waals surface area contributed by atoms with E-state index in [2.05, 4.69) is 175 Å². The highest BCUT2D eigenvalue weighted by Gasteiger charge is 2.35. The van der Waals surface area contributed by atoms with E-state index in [4.69, 9.17) is 4.74 Å². The summed E-state index contributed by atoms with van der Waals surface area (Å²) in [5, 5.41) is 24.2. The lowest BCUT2D eigenvalue weighted by molar-refractivity contribution is 0.299. The first-order valence-electron chi connectivity index (χ1n) is 20.8. The summed E-state index contributed by atoms with van der Waals surface area (Å²) in [6.45, 7) is 25.2. The fraction of sp³-hybridized carbons (Fsp3) is 0.278. The van der Waals surface area contributed by atoms with Gasteiger partial charge in [-0.3, -0.25) is 9.89 Å². The van der Waals surface area contributed by atoms with Crippen LogP contribution in [-0.4, -0.2) is 41.5 Å². The molecule has 0 bridgehead atoms. The second-order valence-electron chi connectivity index (χ2n) is 16.0. The maximum absolute atomic E-state index is 12.0. The summed E-state index contributed by atoms with van der Waals surface area (Å²) in [6.07, 6.45) is 1.66. The first-order chi connectivity index (χ1) is 28.8. The molecule has 6 rings (SSSR count). The van der Waals surface area contributed by atoms with Gasteiger partial charge in [-0.05, 0) is 83.4 Å². The van der Waals surface area contributed by atoms with Gasteiger partial charge in [0.05, 0.1) is 12.3 Å². The van der Waals surface area contributed by atoms with Crippen molar-refractivity contribution in [3.05, 3.63) is 199 Å². The molecular formula is C54H67N2O3P. The number of benzene rings is 6. The Labute approximate surface area is 362 Å². The Hall–Kier alpha value is -5.48. The van der Waals surface area contributed by atoms with Crippen molar-refractivity contribution in [2.24, 2.45) is 4.99 Å². The lowest BCUT2D eigenvalue weighted by Gasteiger charge is -2.38. The van der Waals surface area contributed by atoms with Gasteiger partial charge in [0.1, 0.15) is 23.9 Å². The van der Waals surface area contributed by atoms with E-state index in [0.29, 0.717) is 18.9 Å². The van der Waals surface area contributed by atoms with Gasteiger partial charge in [-0.15, -0.1) is 13.2 Å². The lowest BCUT2D eigenvalue weighted by atomic mass is 9.79. The van der Waals surface area contributed by atoms with E-state index >= 15 is 0 Å². The van der Waals surface area contributed by atoms with Crippen LogP contribution in [0.2, 0.25) is 0 Å². The highest BCUT2D eigenvalue weighted by Crippen LogP contribution is 2.55. The number of aromatic hydroxyl groups is 2. The third kappa shape index (κ3) is 14.7. The number of aliphatic imine (C=N–C) groups is 1. The molecular weight excluding hydrogens is 756 g/mol. The number of hydrogen-bond donors (Lipinski definition) is 2. The highest BCUT2D eigenvalue weighted by molar-refractivity contribution is 7.73. The van der Waals surface area contributed by atoms with Crippen molar-refractivity contribution in [1.82, 2.24) is 4.90 Å². The van der Waals surface area contributed by atoms with Crippen LogP contribution in [-0.2, 0) is 17.4 Å². The molecule has 6 aromatic rings. The molecule has 316 valence electrons. The van der Waals surface area contributed by atoms with E-state index in [1.807, 2.05) is 56.3 Å². The number of rotatable bonds is 12. The molecule has 0 radical (unpaired) electrons. The van der Waals surface area contributed by atoms with Crippen molar-refractivity contribution in [3.63, 3.8) is 0 Å². The summed E-state index contributed by atoms with van der Waals surface area (Å²) in [6, 6.07) is 53.6. The van der Waals surface area contributed by atoms with Gasteiger partial charge in [-0.2, -0.15) is 0 Å². The van der Waals surface area contributed by atoms with E-state index in [9.17, 15) is 10.2 Å². The molecule has 0 aromatic heterocycles. The van der Waals surface area contributed by atoms with Crippen molar-refractivity contribution < 1.29 is 14.9 Å². The molecule has 0 aliphatic rings. The van der Waals surface area contributed by atoms with Crippen LogP contribution < -0.4 is 15.3 Å². The number of phenols is 2. The number of nitrogens with zero attached hydrogens (tertiary/aromatic N) is 2. The Kier molecular flexibility index (Phi) is 20.0. The van der Waals surface area contributed by atoms with Crippen LogP contribution in [0.5, 0.6) is 17.2 Å². The third-order valence-electron chi connectivity index (χ3n) is 9.50. The average Bonchev–Trinajstić information content (AvgIpc) is 3.25. The van der Waals surface area contributed by atoms with Crippen LogP contribution in [0.3, 0.4) is 0 Å². The quantitative estimate of drug-likeness (QED) is 0.0558. The molecule has 2 N–H and O–H groups in total. The Morgan fingerprint density at radius 2 is 1.15 bits per heavy atom. The maximum atomic E-state index is 12.0. The zero-order chi connectivity index (χ0) is 44.1. The Morgan fingerprint density at radius 3 is 1.65 bits per heavy atom. The van der Waals surface area contributed by atoms with E-state index in [1.54, 1.807) is 18.3 Å². The van der Waals surface area contributed by atoms with Gasteiger partial charge in [-0.25, -0.2) is 0 Å². The Balaban J connectivity index is 0.000000364. The van der Waals surface area contributed by atoms with Crippen molar-refractivity contribution in [2.45, 2.75) is 78.5 Å². The predicted molar refractivity (Wildman–Crippen MR) is 260 cm³/mol. The van der Waals surface area contributed by atoms with Gasteiger partial charge in [0.2, 0.25) is 0 Å². The second-order valence-corrected chi connectivity index (χ2v) is 18.3. The summed E-state index contributed by atoms with van der Waals surface area (Å²) in [5.74, 6) is 1.48. The molecule has 0 spiro atoms. The molecule has 0 aliphatic carbocycles. The minimum Gasteiger partial charge on any atom is -0.507 e. The van der Waals surface area contributed by atoms with Crippen molar-refractivity contribution in [1.29, 1.82) is 0 Å². The fourth-order valence-corrected chi connectivity index (χ4v) is 9.29. The van der Waals surface area contributed by atoms with Crippen LogP contribution in [0.25, 0.3) is 0 Å². The standard InChI is InChI=1S/C35H42NOP.C15H15NO2.C2H6.C2H4/c1-34(2,3)27-23-30(32(37)31(24-27)35(4,5)6)33(36(7)25-26-17-11-8-12-18-26)38(28-19-13-9-14-20-28)29-21-15-10-16-22-29;17-15-9-5-4-6-13(15)12-16-10-11-18-14-7-2-1-3-8-14;2*1-2/h8-24,33,37H,25H2,1-7H3;1-9,12,17H,10-11H2;1-2H3;1-2H2. The van der Waals surface area contributed by atoms with Crippen LogP contribution in [0.1, 0.15) is 89.0 Å². The van der Waals surface area contributed by atoms with Crippen LogP contribution >= 0.6 is 7.92 Å². The van der Waals surface area contributed by atoms with Gasteiger partial charge in [0.15, 0.2) is 0 Å². The summed E-state index contributed by atoms with van der Waals surface area (Å²) >= 11 is 0. The zero-order valence-electron chi connectivity index (χ0n) is 37.3. The number of hydrogen-bond acceptors (Lipinski definition) is 5. The number of phenolic OH excluding ortho intramolecular Hbond substituents is 2. The first kappa shape index (κ1) is 48.9. The molecule has 5 nitrogen and oxygen atoms in total. The van der Waals surface area contributed by atoms with Gasteiger partial charge in [0, 0.05) is 23.9 Å². The largest absolute Gasteiger partial charge is 0.507 e. The van der Waals surface area contributed by atoms with E-state index in [1.165, 1.54) is 21.7 Å².